The van der Waals surface area contributed by atoms with E-state index in [-0.39, 0.29) is 24.7 Å². The Morgan fingerprint density at radius 1 is 1.18 bits per heavy atom. The van der Waals surface area contributed by atoms with Gasteiger partial charge in [-0.2, -0.15) is 5.10 Å². The summed E-state index contributed by atoms with van der Waals surface area (Å²) >= 11 is 7.25. The molecule has 0 fully saturated rings. The Labute approximate surface area is 173 Å². The van der Waals surface area contributed by atoms with Gasteiger partial charge in [-0.15, -0.1) is 11.3 Å². The van der Waals surface area contributed by atoms with E-state index in [1.165, 1.54) is 18.4 Å². The second-order valence-corrected chi connectivity index (χ2v) is 9.61. The van der Waals surface area contributed by atoms with E-state index < -0.39 is 15.9 Å². The van der Waals surface area contributed by atoms with Crippen LogP contribution in [0.2, 0.25) is 5.02 Å². The van der Waals surface area contributed by atoms with Crippen molar-refractivity contribution in [3.8, 4) is 0 Å². The van der Waals surface area contributed by atoms with Gasteiger partial charge in [-0.05, 0) is 24.3 Å². The standard InChI is InChI=1S/C18H21ClN2O5S2/c1-3-28(23,24)12-15-8-9-16(27-15)17(13-4-6-14(19)7-5-13)20-21-18(22)26-11-10-25-2/h4-9H,3,10-12H2,1-2H3,(H,21,22). The normalized spacial score (nSPS) is 12.0. The molecular weight excluding hydrogens is 424 g/mol. The molecule has 0 radical (unpaired) electrons. The summed E-state index contributed by atoms with van der Waals surface area (Å²) in [7, 11) is -1.64. The van der Waals surface area contributed by atoms with Gasteiger partial charge in [0.15, 0.2) is 9.84 Å². The number of ether oxygens (including phenoxy) is 2. The van der Waals surface area contributed by atoms with Gasteiger partial charge in [-0.1, -0.05) is 30.7 Å². The molecule has 2 rings (SSSR count). The average Bonchev–Trinajstić information content (AvgIpc) is 3.11. The Balaban J connectivity index is 2.26. The van der Waals surface area contributed by atoms with Crippen LogP contribution in [-0.4, -0.2) is 46.3 Å². The fourth-order valence-electron chi connectivity index (χ4n) is 2.12. The lowest BCUT2D eigenvalue weighted by molar-refractivity contribution is 0.0988. The van der Waals surface area contributed by atoms with Gasteiger partial charge in [-0.25, -0.2) is 18.6 Å². The molecule has 0 spiro atoms. The summed E-state index contributed by atoms with van der Waals surface area (Å²) in [6.07, 6.45) is -0.714. The summed E-state index contributed by atoms with van der Waals surface area (Å²) in [6.45, 7) is 2.00. The molecule has 0 aliphatic rings. The van der Waals surface area contributed by atoms with Crippen LogP contribution in [0.5, 0.6) is 0 Å². The first-order valence-electron chi connectivity index (χ1n) is 8.39. The monoisotopic (exact) mass is 444 g/mol. The van der Waals surface area contributed by atoms with Gasteiger partial charge in [0.2, 0.25) is 0 Å². The topological polar surface area (TPSA) is 94.1 Å². The Hall–Kier alpha value is -1.94. The predicted molar refractivity (Wildman–Crippen MR) is 111 cm³/mol. The fourth-order valence-corrected chi connectivity index (χ4v) is 4.57. The summed E-state index contributed by atoms with van der Waals surface area (Å²) in [6, 6.07) is 10.5. The molecule has 0 aliphatic carbocycles. The molecule has 0 aliphatic heterocycles. The quantitative estimate of drug-likeness (QED) is 0.363. The first-order valence-corrected chi connectivity index (χ1v) is 11.4. The van der Waals surface area contributed by atoms with E-state index in [2.05, 4.69) is 10.5 Å². The number of halogens is 1. The largest absolute Gasteiger partial charge is 0.446 e. The highest BCUT2D eigenvalue weighted by molar-refractivity contribution is 7.90. The number of carbonyl (C=O) groups is 1. The van der Waals surface area contributed by atoms with E-state index in [0.717, 1.165) is 0 Å². The van der Waals surface area contributed by atoms with Crippen molar-refractivity contribution in [2.24, 2.45) is 5.10 Å². The maximum Gasteiger partial charge on any atom is 0.427 e. The first kappa shape index (κ1) is 22.4. The van der Waals surface area contributed by atoms with Gasteiger partial charge in [0.05, 0.1) is 17.2 Å². The highest BCUT2D eigenvalue weighted by Gasteiger charge is 2.15. The second-order valence-electron chi connectivity index (χ2n) is 5.65. The Bertz CT molecular complexity index is 924. The van der Waals surface area contributed by atoms with E-state index in [1.807, 2.05) is 0 Å². The maximum absolute atomic E-state index is 11.9. The van der Waals surface area contributed by atoms with Crippen LogP contribution in [0.4, 0.5) is 4.79 Å². The molecule has 1 heterocycles. The minimum Gasteiger partial charge on any atom is -0.446 e. The molecule has 0 saturated carbocycles. The highest BCUT2D eigenvalue weighted by Crippen LogP contribution is 2.23. The molecule has 2 aromatic rings. The van der Waals surface area contributed by atoms with Crippen molar-refractivity contribution in [1.29, 1.82) is 0 Å². The average molecular weight is 445 g/mol. The van der Waals surface area contributed by atoms with Crippen LogP contribution in [0, 0.1) is 0 Å². The Morgan fingerprint density at radius 2 is 1.89 bits per heavy atom. The molecule has 0 bridgehead atoms. The van der Waals surface area contributed by atoms with Gasteiger partial charge in [0.25, 0.3) is 0 Å². The van der Waals surface area contributed by atoms with Crippen LogP contribution in [0.25, 0.3) is 0 Å². The van der Waals surface area contributed by atoms with Crippen molar-refractivity contribution in [2.75, 3.05) is 26.1 Å². The number of methoxy groups -OCH3 is 1. The lowest BCUT2D eigenvalue weighted by Crippen LogP contribution is -2.22. The predicted octanol–water partition coefficient (Wildman–Crippen LogP) is 3.46. The van der Waals surface area contributed by atoms with E-state index in [9.17, 15) is 13.2 Å². The lowest BCUT2D eigenvalue weighted by Gasteiger charge is -2.07. The van der Waals surface area contributed by atoms with Gasteiger partial charge < -0.3 is 9.47 Å². The van der Waals surface area contributed by atoms with Crippen molar-refractivity contribution in [2.45, 2.75) is 12.7 Å². The van der Waals surface area contributed by atoms with Crippen LogP contribution in [0.3, 0.4) is 0 Å². The van der Waals surface area contributed by atoms with Gasteiger partial charge in [0, 0.05) is 28.3 Å². The number of hydrogen-bond donors (Lipinski definition) is 1. The molecule has 0 saturated heterocycles. The van der Waals surface area contributed by atoms with Crippen molar-refractivity contribution >= 4 is 44.6 Å². The number of carbonyl (C=O) groups excluding carboxylic acids is 1. The summed E-state index contributed by atoms with van der Waals surface area (Å²) in [4.78, 5) is 13.2. The summed E-state index contributed by atoms with van der Waals surface area (Å²) < 4.78 is 33.5. The molecular formula is C18H21ClN2O5S2. The van der Waals surface area contributed by atoms with Crippen molar-refractivity contribution in [3.63, 3.8) is 0 Å². The number of rotatable bonds is 9. The zero-order valence-corrected chi connectivity index (χ0v) is 17.9. The smallest absolute Gasteiger partial charge is 0.427 e. The molecule has 10 heteroatoms. The third-order valence-corrected chi connectivity index (χ3v) is 6.75. The minimum atomic E-state index is -3.14. The Kier molecular flexibility index (Phi) is 8.43. The van der Waals surface area contributed by atoms with Gasteiger partial charge in [-0.3, -0.25) is 0 Å². The number of hydrazone groups is 1. The fraction of sp³-hybridized carbons (Fsp3) is 0.333. The minimum absolute atomic E-state index is 0.0332. The number of amides is 1. The molecule has 1 aromatic carbocycles. The number of sulfone groups is 1. The van der Waals surface area contributed by atoms with Crippen LogP contribution in [0.1, 0.15) is 22.2 Å². The van der Waals surface area contributed by atoms with E-state index in [1.54, 1.807) is 43.3 Å². The van der Waals surface area contributed by atoms with Crippen molar-refractivity contribution in [1.82, 2.24) is 5.43 Å². The molecule has 0 atom stereocenters. The summed E-state index contributed by atoms with van der Waals surface area (Å²) in [5.41, 5.74) is 3.54. The first-order chi connectivity index (χ1) is 13.3. The van der Waals surface area contributed by atoms with Crippen LogP contribution >= 0.6 is 22.9 Å². The number of thiophene rings is 1. The number of benzene rings is 1. The Morgan fingerprint density at radius 3 is 2.54 bits per heavy atom. The van der Waals surface area contributed by atoms with Crippen LogP contribution in [-0.2, 0) is 25.1 Å². The SMILES string of the molecule is CCS(=O)(=O)Cc1ccc(C(=NNC(=O)OCCOC)c2ccc(Cl)cc2)s1. The summed E-state index contributed by atoms with van der Waals surface area (Å²) in [5.74, 6) is 0.0434. The van der Waals surface area contributed by atoms with E-state index in [0.29, 0.717) is 26.1 Å². The second kappa shape index (κ2) is 10.6. The molecule has 0 unspecified atom stereocenters. The zero-order valence-electron chi connectivity index (χ0n) is 15.5. The molecule has 1 N–H and O–H groups in total. The number of nitrogens with zero attached hydrogens (tertiary/aromatic N) is 1. The van der Waals surface area contributed by atoms with Crippen molar-refractivity contribution in [3.05, 3.63) is 56.7 Å². The molecule has 152 valence electrons. The lowest BCUT2D eigenvalue weighted by atomic mass is 10.1. The van der Waals surface area contributed by atoms with E-state index >= 15 is 0 Å². The molecule has 1 aromatic heterocycles. The third-order valence-electron chi connectivity index (χ3n) is 3.59. The molecule has 28 heavy (non-hydrogen) atoms. The number of hydrogen-bond acceptors (Lipinski definition) is 7. The van der Waals surface area contributed by atoms with Crippen LogP contribution < -0.4 is 5.43 Å². The van der Waals surface area contributed by atoms with Gasteiger partial charge in [0.1, 0.15) is 12.3 Å². The van der Waals surface area contributed by atoms with Gasteiger partial charge >= 0.3 is 6.09 Å². The van der Waals surface area contributed by atoms with Crippen LogP contribution in [0.15, 0.2) is 41.5 Å². The third kappa shape index (κ3) is 6.90. The van der Waals surface area contributed by atoms with E-state index in [4.69, 9.17) is 21.1 Å². The molecule has 7 nitrogen and oxygen atoms in total. The van der Waals surface area contributed by atoms with Crippen molar-refractivity contribution < 1.29 is 22.7 Å². The summed E-state index contributed by atoms with van der Waals surface area (Å²) in [5, 5.41) is 4.74. The maximum atomic E-state index is 11.9. The zero-order chi connectivity index (χ0) is 20.6. The number of nitrogens with one attached hydrogen (secondary N) is 1. The molecule has 1 amide bonds. The highest BCUT2D eigenvalue weighted by atomic mass is 35.5.